The van der Waals surface area contributed by atoms with Crippen LogP contribution in [0.5, 0.6) is 0 Å². The maximum absolute atomic E-state index is 14.9. The molecule has 380 valence electrons. The first-order chi connectivity index (χ1) is 36.5. The fourth-order valence-electron chi connectivity index (χ4n) is 8.78. The molecule has 0 bridgehead atoms. The number of anilines is 1. The summed E-state index contributed by atoms with van der Waals surface area (Å²) in [7, 11) is 2.47. The Hall–Kier alpha value is -8.53. The summed E-state index contributed by atoms with van der Waals surface area (Å²) in [6, 6.07) is 46.9. The highest BCUT2D eigenvalue weighted by atomic mass is 32.2. The van der Waals surface area contributed by atoms with Crippen molar-refractivity contribution in [2.24, 2.45) is 5.16 Å². The summed E-state index contributed by atoms with van der Waals surface area (Å²) in [4.78, 5) is 92.5. The number of esters is 1. The van der Waals surface area contributed by atoms with Gasteiger partial charge in [-0.3, -0.25) is 28.6 Å². The molecule has 2 aliphatic rings. The lowest BCUT2D eigenvalue weighted by molar-refractivity contribution is -0.154. The van der Waals surface area contributed by atoms with Crippen LogP contribution < -0.4 is 27.1 Å². The van der Waals surface area contributed by atoms with Crippen molar-refractivity contribution in [2.75, 3.05) is 31.8 Å². The second kappa shape index (κ2) is 23.1. The standard InChI is InChI=1S/C54H47N9O9S3/c1-70-53(69)55-28-29-62-45(59-60-47(65)49(62)67)40(73)30-35-31-74-50-42(48(66)63(50)43(35)51(68)72-44(33-18-8-3-9-19-33)34-20-10-4-11-21-34)57-46(64)41(61-71-2)39-32-75-52(56-39)58-54(36-22-12-5-13-23-36,37-24-14-6-15-25-37)38-26-16-7-17-27-38/h3-27,30,32,42,44,50,73H,28-29,31H2,1-2H3,(H,55,69)(H,56,58)(H,57,64)(H,60,65). The molecule has 0 spiro atoms. The van der Waals surface area contributed by atoms with Gasteiger partial charge in [-0.2, -0.15) is 5.10 Å². The molecule has 0 aliphatic carbocycles. The van der Waals surface area contributed by atoms with E-state index >= 15 is 0 Å². The molecule has 2 atom stereocenters. The van der Waals surface area contributed by atoms with E-state index in [9.17, 15) is 28.8 Å². The molecule has 0 radical (unpaired) electrons. The second-order valence-electron chi connectivity index (χ2n) is 16.8. The smallest absolute Gasteiger partial charge is 0.406 e. The zero-order chi connectivity index (χ0) is 52.5. The third-order valence-electron chi connectivity index (χ3n) is 12.3. The number of hydrogen-bond donors (Lipinski definition) is 5. The van der Waals surface area contributed by atoms with Crippen molar-refractivity contribution in [3.63, 3.8) is 0 Å². The molecule has 4 heterocycles. The van der Waals surface area contributed by atoms with Gasteiger partial charge in [-0.05, 0) is 39.5 Å². The second-order valence-corrected chi connectivity index (χ2v) is 19.2. The van der Waals surface area contributed by atoms with Crippen molar-refractivity contribution in [1.82, 2.24) is 35.3 Å². The lowest BCUT2D eigenvalue weighted by atomic mass is 9.77. The van der Waals surface area contributed by atoms with Gasteiger partial charge < -0.3 is 30.3 Å². The summed E-state index contributed by atoms with van der Waals surface area (Å²) in [6.45, 7) is -0.318. The highest BCUT2D eigenvalue weighted by Gasteiger charge is 2.55. The van der Waals surface area contributed by atoms with E-state index in [0.717, 1.165) is 21.3 Å². The Bertz CT molecular complexity index is 3290. The molecular formula is C54H47N9O9S3. The number of allylic oxidation sites excluding steroid dienone is 1. The Morgan fingerprint density at radius 2 is 1.40 bits per heavy atom. The molecule has 1 fully saturated rings. The zero-order valence-corrected chi connectivity index (χ0v) is 42.6. The number of aromatic amines is 1. The first kappa shape index (κ1) is 51.4. The van der Waals surface area contributed by atoms with Gasteiger partial charge in [0, 0.05) is 29.1 Å². The largest absolute Gasteiger partial charge is 0.453 e. The summed E-state index contributed by atoms with van der Waals surface area (Å²) < 4.78 is 12.0. The van der Waals surface area contributed by atoms with E-state index in [2.05, 4.69) is 48.7 Å². The van der Waals surface area contributed by atoms with E-state index in [4.69, 9.17) is 14.6 Å². The summed E-state index contributed by atoms with van der Waals surface area (Å²) in [5.41, 5.74) is 1.29. The number of β-lactam (4-membered cyclic amide) rings is 1. The van der Waals surface area contributed by atoms with Crippen LogP contribution >= 0.6 is 35.7 Å². The predicted molar refractivity (Wildman–Crippen MR) is 288 cm³/mol. The molecule has 0 saturated carbocycles. The fourth-order valence-corrected chi connectivity index (χ4v) is 11.2. The molecule has 75 heavy (non-hydrogen) atoms. The third-order valence-corrected chi connectivity index (χ3v) is 14.6. The number of thiol groups is 1. The Balaban J connectivity index is 1.03. The SMILES string of the molecule is CON=C(C(=O)NC1C(=O)N2C(C(=O)OC(c3ccccc3)c3ccccc3)=C(C=C(S)c3n[nH]c(=O)c(=O)n3CCNC(=O)OC)CSC12)c1csc(NC(c2ccccc2)(c2ccccc2)c2ccccc2)n1. The van der Waals surface area contributed by atoms with Gasteiger partial charge in [-0.15, -0.1) is 35.7 Å². The van der Waals surface area contributed by atoms with Gasteiger partial charge >= 0.3 is 23.2 Å². The highest BCUT2D eigenvalue weighted by Crippen LogP contribution is 2.44. The number of fused-ring (bicyclic) bond motifs is 1. The first-order valence-corrected chi connectivity index (χ1v) is 25.6. The van der Waals surface area contributed by atoms with Gasteiger partial charge in [0.1, 0.15) is 35.5 Å². The van der Waals surface area contributed by atoms with Crippen LogP contribution in [0.3, 0.4) is 0 Å². The first-order valence-electron chi connectivity index (χ1n) is 23.3. The minimum absolute atomic E-state index is 0.0207. The topological polar surface area (TPSA) is 228 Å². The molecule has 2 aliphatic heterocycles. The van der Waals surface area contributed by atoms with Crippen molar-refractivity contribution in [3.05, 3.63) is 234 Å². The number of hydrogen-bond acceptors (Lipinski definition) is 16. The number of carbonyl (C=O) groups is 4. The molecule has 18 nitrogen and oxygen atoms in total. The maximum atomic E-state index is 14.9. The Kier molecular flexibility index (Phi) is 15.8. The quantitative estimate of drug-likeness (QED) is 0.0119. The van der Waals surface area contributed by atoms with E-state index in [0.29, 0.717) is 16.3 Å². The normalized spacial score (nSPS) is 15.6. The summed E-state index contributed by atoms with van der Waals surface area (Å²) in [6.07, 6.45) is -0.222. The van der Waals surface area contributed by atoms with E-state index in [1.54, 1.807) is 5.38 Å². The van der Waals surface area contributed by atoms with Crippen LogP contribution in [0.4, 0.5) is 9.93 Å². The molecule has 2 unspecified atom stereocenters. The minimum atomic E-state index is -1.15. The molecule has 5 aromatic carbocycles. The molecule has 1 saturated heterocycles. The number of amides is 3. The molecule has 21 heteroatoms. The van der Waals surface area contributed by atoms with E-state index in [-0.39, 0.29) is 52.2 Å². The van der Waals surface area contributed by atoms with Crippen LogP contribution in [0, 0.1) is 0 Å². The van der Waals surface area contributed by atoms with Crippen molar-refractivity contribution >= 4 is 75.4 Å². The monoisotopic (exact) mass is 1060 g/mol. The number of oxime groups is 1. The van der Waals surface area contributed by atoms with Crippen molar-refractivity contribution < 1.29 is 33.5 Å². The van der Waals surface area contributed by atoms with Crippen molar-refractivity contribution in [1.29, 1.82) is 0 Å². The number of rotatable bonds is 18. The lowest BCUT2D eigenvalue weighted by Crippen LogP contribution is -2.71. The minimum Gasteiger partial charge on any atom is -0.453 e. The van der Waals surface area contributed by atoms with Crippen LogP contribution in [0.2, 0.25) is 0 Å². The van der Waals surface area contributed by atoms with Crippen LogP contribution in [0.1, 0.15) is 45.4 Å². The van der Waals surface area contributed by atoms with Crippen LogP contribution in [-0.4, -0.2) is 92.2 Å². The third kappa shape index (κ3) is 10.8. The number of ether oxygens (including phenoxy) is 2. The number of nitrogens with zero attached hydrogens (tertiary/aromatic N) is 5. The summed E-state index contributed by atoms with van der Waals surface area (Å²) in [5.74, 6) is -2.32. The van der Waals surface area contributed by atoms with Crippen LogP contribution in [0.15, 0.2) is 189 Å². The number of thioether (sulfide) groups is 1. The van der Waals surface area contributed by atoms with Gasteiger partial charge in [-0.25, -0.2) is 19.7 Å². The average molecular weight is 1060 g/mol. The number of carbonyl (C=O) groups excluding carboxylic acids is 4. The number of alkyl carbamates (subject to hydrolysis) is 1. The number of H-pyrrole nitrogens is 1. The van der Waals surface area contributed by atoms with E-state index in [1.165, 1.54) is 48.3 Å². The Labute approximate surface area is 442 Å². The predicted octanol–water partition coefficient (Wildman–Crippen LogP) is 6.46. The van der Waals surface area contributed by atoms with Gasteiger partial charge in [0.05, 0.1) is 7.11 Å². The van der Waals surface area contributed by atoms with Crippen molar-refractivity contribution in [3.8, 4) is 0 Å². The zero-order valence-electron chi connectivity index (χ0n) is 40.1. The number of benzene rings is 5. The molecule has 9 rings (SSSR count). The molecular weight excluding hydrogens is 1010 g/mol. The summed E-state index contributed by atoms with van der Waals surface area (Å²) >= 11 is 7.18. The van der Waals surface area contributed by atoms with Gasteiger partial charge in [0.2, 0.25) is 0 Å². The van der Waals surface area contributed by atoms with Crippen LogP contribution in [-0.2, 0) is 40.8 Å². The lowest BCUT2D eigenvalue weighted by Gasteiger charge is -2.49. The molecule has 7 aromatic rings. The van der Waals surface area contributed by atoms with Gasteiger partial charge in [0.25, 0.3) is 11.8 Å². The number of nitrogens with one attached hydrogen (secondary N) is 4. The molecule has 2 aromatic heterocycles. The van der Waals surface area contributed by atoms with Crippen molar-refractivity contribution in [2.45, 2.75) is 29.6 Å². The highest BCUT2D eigenvalue weighted by molar-refractivity contribution is 8.00. The number of thiazole rings is 1. The molecule has 4 N–H and O–H groups in total. The van der Waals surface area contributed by atoms with E-state index in [1.807, 2.05) is 152 Å². The average Bonchev–Trinajstić information content (AvgIpc) is 3.94. The maximum Gasteiger partial charge on any atom is 0.406 e. The van der Waals surface area contributed by atoms with Crippen LogP contribution in [0.25, 0.3) is 4.91 Å². The van der Waals surface area contributed by atoms with Gasteiger partial charge in [-0.1, -0.05) is 157 Å². The Morgan fingerprint density at radius 1 is 0.840 bits per heavy atom. The molecule has 3 amide bonds. The van der Waals surface area contributed by atoms with Gasteiger partial charge in [0.15, 0.2) is 22.8 Å². The Morgan fingerprint density at radius 3 is 1.95 bits per heavy atom. The van der Waals surface area contributed by atoms with E-state index < -0.39 is 58.1 Å². The summed E-state index contributed by atoms with van der Waals surface area (Å²) in [5, 5.41) is 20.6. The number of aromatic nitrogens is 4. The fraction of sp³-hybridized carbons (Fsp3) is 0.167. The number of methoxy groups -OCH3 is 1.